The Labute approximate surface area is 110 Å². The van der Waals surface area contributed by atoms with Gasteiger partial charge in [0.25, 0.3) is 0 Å². The Bertz CT molecular complexity index is 434. The summed E-state index contributed by atoms with van der Waals surface area (Å²) in [6.45, 7) is 0.946. The van der Waals surface area contributed by atoms with Crippen molar-refractivity contribution in [3.05, 3.63) is 34.9 Å². The first-order valence-electron chi connectivity index (χ1n) is 5.88. The summed E-state index contributed by atoms with van der Waals surface area (Å²) in [6, 6.07) is 8.05. The summed E-state index contributed by atoms with van der Waals surface area (Å²) in [7, 11) is 0. The van der Waals surface area contributed by atoms with E-state index < -0.39 is 0 Å². The fraction of sp³-hybridized carbons (Fsp3) is 0.462. The summed E-state index contributed by atoms with van der Waals surface area (Å²) in [5.74, 6) is 1.39. The van der Waals surface area contributed by atoms with Gasteiger partial charge in [-0.25, -0.2) is 0 Å². The van der Waals surface area contributed by atoms with E-state index in [1.807, 2.05) is 36.0 Å². The van der Waals surface area contributed by atoms with Crippen LogP contribution in [0.15, 0.2) is 24.3 Å². The number of fused-ring (bicyclic) bond motifs is 2. The van der Waals surface area contributed by atoms with Crippen molar-refractivity contribution in [3.63, 3.8) is 0 Å². The molecule has 4 heteroatoms. The van der Waals surface area contributed by atoms with E-state index in [4.69, 9.17) is 11.6 Å². The number of thioether (sulfide) groups is 1. The number of amides is 1. The van der Waals surface area contributed by atoms with Crippen LogP contribution in [0, 0.1) is 0 Å². The van der Waals surface area contributed by atoms with Crippen molar-refractivity contribution in [2.75, 3.05) is 12.3 Å². The van der Waals surface area contributed by atoms with Crippen LogP contribution in [-0.4, -0.2) is 34.4 Å². The fourth-order valence-electron chi connectivity index (χ4n) is 2.58. The minimum absolute atomic E-state index is 0.264. The third-order valence-electron chi connectivity index (χ3n) is 3.49. The topological polar surface area (TPSA) is 20.3 Å². The molecule has 1 aromatic rings. The van der Waals surface area contributed by atoms with Crippen molar-refractivity contribution >= 4 is 29.3 Å². The Morgan fingerprint density at radius 2 is 2.18 bits per heavy atom. The van der Waals surface area contributed by atoms with Crippen molar-refractivity contribution < 1.29 is 4.79 Å². The van der Waals surface area contributed by atoms with Gasteiger partial charge in [-0.1, -0.05) is 23.7 Å². The highest BCUT2D eigenvalue weighted by atomic mass is 35.5. The molecule has 0 spiro atoms. The lowest BCUT2D eigenvalue weighted by molar-refractivity contribution is -0.130. The summed E-state index contributed by atoms with van der Waals surface area (Å²) < 4.78 is 0. The third-order valence-corrected chi connectivity index (χ3v) is 5.13. The highest BCUT2D eigenvalue weighted by Crippen LogP contribution is 2.37. The number of nitrogens with zero attached hydrogens (tertiary/aromatic N) is 1. The average molecular weight is 268 g/mol. The molecule has 0 radical (unpaired) electrons. The molecule has 0 aromatic heterocycles. The largest absolute Gasteiger partial charge is 0.337 e. The number of halogens is 1. The van der Waals surface area contributed by atoms with E-state index >= 15 is 0 Å². The number of hydrogen-bond acceptors (Lipinski definition) is 2. The Morgan fingerprint density at radius 3 is 2.76 bits per heavy atom. The van der Waals surface area contributed by atoms with E-state index in [9.17, 15) is 4.79 Å². The molecule has 17 heavy (non-hydrogen) atoms. The SMILES string of the molecule is O=C(Cc1ccc(Cl)cc1)N1CC2CC1CS2. The predicted octanol–water partition coefficient (Wildman–Crippen LogP) is 2.60. The van der Waals surface area contributed by atoms with Gasteiger partial charge in [0.05, 0.1) is 6.42 Å². The van der Waals surface area contributed by atoms with Crippen LogP contribution in [0.1, 0.15) is 12.0 Å². The first kappa shape index (κ1) is 11.4. The van der Waals surface area contributed by atoms with Crippen LogP contribution in [0.4, 0.5) is 0 Å². The zero-order valence-electron chi connectivity index (χ0n) is 9.43. The van der Waals surface area contributed by atoms with E-state index in [0.29, 0.717) is 17.7 Å². The molecule has 2 unspecified atom stereocenters. The van der Waals surface area contributed by atoms with Crippen molar-refractivity contribution in [1.82, 2.24) is 4.90 Å². The van der Waals surface area contributed by atoms with Crippen molar-refractivity contribution in [3.8, 4) is 0 Å². The zero-order chi connectivity index (χ0) is 11.8. The van der Waals surface area contributed by atoms with Gasteiger partial charge >= 0.3 is 0 Å². The molecular formula is C13H14ClNOS. The molecule has 0 aliphatic carbocycles. The maximum Gasteiger partial charge on any atom is 0.227 e. The second-order valence-corrected chi connectivity index (χ2v) is 6.46. The second-order valence-electron chi connectivity index (χ2n) is 4.69. The zero-order valence-corrected chi connectivity index (χ0v) is 11.0. The van der Waals surface area contributed by atoms with Crippen LogP contribution < -0.4 is 0 Å². The highest BCUT2D eigenvalue weighted by molar-refractivity contribution is 8.00. The molecule has 0 N–H and O–H groups in total. The van der Waals surface area contributed by atoms with Crippen LogP contribution in [0.5, 0.6) is 0 Å². The fourth-order valence-corrected chi connectivity index (χ4v) is 4.14. The smallest absolute Gasteiger partial charge is 0.227 e. The number of benzene rings is 1. The van der Waals surface area contributed by atoms with E-state index in [0.717, 1.165) is 22.9 Å². The number of carbonyl (C=O) groups excluding carboxylic acids is 1. The Morgan fingerprint density at radius 1 is 1.41 bits per heavy atom. The molecule has 1 aromatic carbocycles. The number of hydrogen-bond donors (Lipinski definition) is 0. The third kappa shape index (κ3) is 2.31. The minimum atomic E-state index is 0.264. The van der Waals surface area contributed by atoms with Crippen molar-refractivity contribution in [1.29, 1.82) is 0 Å². The molecular weight excluding hydrogens is 254 g/mol. The molecule has 2 nitrogen and oxygen atoms in total. The predicted molar refractivity (Wildman–Crippen MR) is 71.5 cm³/mol. The van der Waals surface area contributed by atoms with Gasteiger partial charge in [-0.05, 0) is 24.1 Å². The first-order chi connectivity index (χ1) is 8.22. The van der Waals surface area contributed by atoms with Gasteiger partial charge in [0.1, 0.15) is 0 Å². The summed E-state index contributed by atoms with van der Waals surface area (Å²) in [5.41, 5.74) is 1.05. The summed E-state index contributed by atoms with van der Waals surface area (Å²) in [5, 5.41) is 1.41. The standard InChI is InChI=1S/C13H14ClNOS/c14-10-3-1-9(2-4-10)5-13(16)15-7-12-6-11(15)8-17-12/h1-4,11-12H,5-8H2. The molecule has 2 fully saturated rings. The number of likely N-dealkylation sites (tertiary alicyclic amines) is 1. The van der Waals surface area contributed by atoms with Crippen LogP contribution >= 0.6 is 23.4 Å². The normalized spacial score (nSPS) is 26.5. The quantitative estimate of drug-likeness (QED) is 0.821. The van der Waals surface area contributed by atoms with Crippen LogP contribution in [0.25, 0.3) is 0 Å². The Balaban J connectivity index is 1.65. The van der Waals surface area contributed by atoms with Gasteiger partial charge in [0.2, 0.25) is 5.91 Å². The molecule has 2 aliphatic heterocycles. The van der Waals surface area contributed by atoms with Crippen LogP contribution in [0.3, 0.4) is 0 Å². The van der Waals surface area contributed by atoms with Gasteiger partial charge < -0.3 is 4.90 Å². The number of carbonyl (C=O) groups is 1. The van der Waals surface area contributed by atoms with Gasteiger partial charge in [0, 0.05) is 28.6 Å². The summed E-state index contributed by atoms with van der Waals surface area (Å²) in [4.78, 5) is 14.2. The molecule has 2 saturated heterocycles. The second kappa shape index (κ2) is 4.54. The van der Waals surface area contributed by atoms with Gasteiger partial charge in [-0.3, -0.25) is 4.79 Å². The molecule has 3 rings (SSSR count). The highest BCUT2D eigenvalue weighted by Gasteiger charge is 2.40. The molecule has 1 amide bonds. The lowest BCUT2D eigenvalue weighted by atomic mass is 10.1. The minimum Gasteiger partial charge on any atom is -0.337 e. The summed E-state index contributed by atoms with van der Waals surface area (Å²) >= 11 is 7.84. The van der Waals surface area contributed by atoms with E-state index in [-0.39, 0.29) is 5.91 Å². The van der Waals surface area contributed by atoms with E-state index in [1.54, 1.807) is 0 Å². The molecule has 90 valence electrons. The van der Waals surface area contributed by atoms with Crippen molar-refractivity contribution in [2.45, 2.75) is 24.1 Å². The number of rotatable bonds is 2. The van der Waals surface area contributed by atoms with Crippen LogP contribution in [0.2, 0.25) is 5.02 Å². The summed E-state index contributed by atoms with van der Waals surface area (Å²) in [6.07, 6.45) is 1.70. The maximum absolute atomic E-state index is 12.2. The molecule has 2 bridgehead atoms. The van der Waals surface area contributed by atoms with Gasteiger partial charge in [0.15, 0.2) is 0 Å². The Kier molecular flexibility index (Phi) is 3.05. The average Bonchev–Trinajstić information content (AvgIpc) is 2.94. The van der Waals surface area contributed by atoms with Gasteiger partial charge in [-0.15, -0.1) is 0 Å². The maximum atomic E-state index is 12.2. The molecule has 2 aliphatic rings. The van der Waals surface area contributed by atoms with Crippen molar-refractivity contribution in [2.24, 2.45) is 0 Å². The first-order valence-corrected chi connectivity index (χ1v) is 7.30. The lowest BCUT2D eigenvalue weighted by Crippen LogP contribution is -2.40. The van der Waals surface area contributed by atoms with Crippen LogP contribution in [-0.2, 0) is 11.2 Å². The monoisotopic (exact) mass is 267 g/mol. The van der Waals surface area contributed by atoms with Gasteiger partial charge in [-0.2, -0.15) is 11.8 Å². The molecule has 0 saturated carbocycles. The van der Waals surface area contributed by atoms with E-state index in [1.165, 1.54) is 6.42 Å². The lowest BCUT2D eigenvalue weighted by Gasteiger charge is -2.26. The molecule has 2 atom stereocenters. The Hall–Kier alpha value is -0.670. The van der Waals surface area contributed by atoms with E-state index in [2.05, 4.69) is 4.90 Å². The molecule has 2 heterocycles.